The van der Waals surface area contributed by atoms with E-state index in [1.54, 1.807) is 24.5 Å². The third kappa shape index (κ3) is 4.88. The van der Waals surface area contributed by atoms with E-state index in [4.69, 9.17) is 4.42 Å². The van der Waals surface area contributed by atoms with Gasteiger partial charge in [-0.05, 0) is 70.9 Å². The number of nitrogens with zero attached hydrogens (tertiary/aromatic N) is 3. The van der Waals surface area contributed by atoms with Gasteiger partial charge >= 0.3 is 0 Å². The van der Waals surface area contributed by atoms with Gasteiger partial charge in [0.15, 0.2) is 10.2 Å². The van der Waals surface area contributed by atoms with E-state index in [1.807, 2.05) is 38.1 Å². The van der Waals surface area contributed by atoms with Gasteiger partial charge in [0.1, 0.15) is 17.4 Å². The number of hydrogen-bond donors (Lipinski definition) is 1. The van der Waals surface area contributed by atoms with E-state index in [0.717, 1.165) is 11.1 Å². The van der Waals surface area contributed by atoms with Gasteiger partial charge in [-0.3, -0.25) is 4.79 Å². The standard InChI is InChI=1S/C20H15BrN4O2S/c1-12-4-5-13(2)17(8-12)25-18(26)14(11-22)9-15-10-16(21)19(27-15)28-20-23-6-3-7-24-20/h3-10H,1-2H3,(H,25,26)/b14-9+. The first kappa shape index (κ1) is 19.9. The highest BCUT2D eigenvalue weighted by atomic mass is 79.9. The summed E-state index contributed by atoms with van der Waals surface area (Å²) < 4.78 is 6.41. The minimum Gasteiger partial charge on any atom is -0.449 e. The van der Waals surface area contributed by atoms with Crippen molar-refractivity contribution in [2.45, 2.75) is 24.1 Å². The molecule has 3 aromatic rings. The smallest absolute Gasteiger partial charge is 0.266 e. The first-order valence-electron chi connectivity index (χ1n) is 8.21. The number of amides is 1. The number of aryl methyl sites for hydroxylation is 2. The lowest BCUT2D eigenvalue weighted by molar-refractivity contribution is -0.112. The third-order valence-electron chi connectivity index (χ3n) is 3.69. The van der Waals surface area contributed by atoms with Crippen LogP contribution in [0.5, 0.6) is 0 Å². The molecule has 0 fully saturated rings. The summed E-state index contributed by atoms with van der Waals surface area (Å²) in [6.07, 6.45) is 4.68. The zero-order valence-electron chi connectivity index (χ0n) is 15.1. The van der Waals surface area contributed by atoms with Crippen LogP contribution in [-0.4, -0.2) is 15.9 Å². The molecule has 0 aliphatic heterocycles. The Morgan fingerprint density at radius 1 is 1.29 bits per heavy atom. The Morgan fingerprint density at radius 2 is 2.04 bits per heavy atom. The number of carbonyl (C=O) groups excluding carboxylic acids is 1. The summed E-state index contributed by atoms with van der Waals surface area (Å²) in [6.45, 7) is 3.83. The summed E-state index contributed by atoms with van der Waals surface area (Å²) in [4.78, 5) is 20.8. The van der Waals surface area contributed by atoms with Crippen LogP contribution in [0.15, 0.2) is 67.4 Å². The highest BCUT2D eigenvalue weighted by Gasteiger charge is 2.15. The molecule has 2 aromatic heterocycles. The predicted molar refractivity (Wildman–Crippen MR) is 111 cm³/mol. The Kier molecular flexibility index (Phi) is 6.29. The van der Waals surface area contributed by atoms with Crippen LogP contribution < -0.4 is 5.32 Å². The monoisotopic (exact) mass is 454 g/mol. The van der Waals surface area contributed by atoms with E-state index in [0.29, 0.717) is 26.2 Å². The number of rotatable bonds is 5. The molecule has 0 unspecified atom stereocenters. The Morgan fingerprint density at radius 3 is 2.75 bits per heavy atom. The summed E-state index contributed by atoms with van der Waals surface area (Å²) in [5, 5.41) is 13.2. The molecule has 3 rings (SSSR count). The van der Waals surface area contributed by atoms with Gasteiger partial charge in [0.25, 0.3) is 5.91 Å². The van der Waals surface area contributed by atoms with Gasteiger partial charge in [0.2, 0.25) is 0 Å². The number of carbonyl (C=O) groups is 1. The van der Waals surface area contributed by atoms with Crippen molar-refractivity contribution in [1.82, 2.24) is 9.97 Å². The average molecular weight is 455 g/mol. The fourth-order valence-electron chi connectivity index (χ4n) is 2.28. The second-order valence-electron chi connectivity index (χ2n) is 5.86. The summed E-state index contributed by atoms with van der Waals surface area (Å²) in [5.41, 5.74) is 2.54. The molecule has 0 radical (unpaired) electrons. The first-order valence-corrected chi connectivity index (χ1v) is 9.82. The Bertz CT molecular complexity index is 1090. The number of halogens is 1. The van der Waals surface area contributed by atoms with Gasteiger partial charge in [-0.1, -0.05) is 12.1 Å². The normalized spacial score (nSPS) is 11.1. The van der Waals surface area contributed by atoms with Crippen LogP contribution in [0.25, 0.3) is 6.08 Å². The molecule has 2 heterocycles. The predicted octanol–water partition coefficient (Wildman–Crippen LogP) is 5.15. The maximum atomic E-state index is 12.5. The Balaban J connectivity index is 1.80. The zero-order chi connectivity index (χ0) is 20.1. The molecule has 1 aromatic carbocycles. The average Bonchev–Trinajstić information content (AvgIpc) is 3.02. The SMILES string of the molecule is Cc1ccc(C)c(NC(=O)/C(C#N)=C/c2cc(Br)c(Sc3ncccn3)o2)c1. The van der Waals surface area contributed by atoms with Crippen molar-refractivity contribution in [2.24, 2.45) is 0 Å². The molecule has 28 heavy (non-hydrogen) atoms. The molecule has 1 amide bonds. The molecule has 0 saturated carbocycles. The second-order valence-corrected chi connectivity index (χ2v) is 7.65. The minimum atomic E-state index is -0.496. The van der Waals surface area contributed by atoms with Crippen molar-refractivity contribution in [3.05, 3.63) is 69.7 Å². The van der Waals surface area contributed by atoms with Gasteiger partial charge in [-0.15, -0.1) is 0 Å². The third-order valence-corrected chi connectivity index (χ3v) is 5.43. The number of furan rings is 1. The van der Waals surface area contributed by atoms with E-state index in [-0.39, 0.29) is 5.57 Å². The van der Waals surface area contributed by atoms with Crippen LogP contribution in [-0.2, 0) is 4.79 Å². The molecule has 0 saturated heterocycles. The second kappa shape index (κ2) is 8.87. The summed E-state index contributed by atoms with van der Waals surface area (Å²) >= 11 is 4.65. The van der Waals surface area contributed by atoms with E-state index in [2.05, 4.69) is 31.2 Å². The summed E-state index contributed by atoms with van der Waals surface area (Å²) in [6, 6.07) is 11.1. The summed E-state index contributed by atoms with van der Waals surface area (Å²) in [7, 11) is 0. The van der Waals surface area contributed by atoms with Crippen molar-refractivity contribution in [1.29, 1.82) is 5.26 Å². The molecular formula is C20H15BrN4O2S. The Labute approximate surface area is 174 Å². The lowest BCUT2D eigenvalue weighted by Gasteiger charge is -2.08. The van der Waals surface area contributed by atoms with Crippen molar-refractivity contribution >= 4 is 45.4 Å². The molecular weight excluding hydrogens is 440 g/mol. The van der Waals surface area contributed by atoms with Crippen molar-refractivity contribution in [3.8, 4) is 6.07 Å². The van der Waals surface area contributed by atoms with Gasteiger partial charge in [-0.2, -0.15) is 5.26 Å². The van der Waals surface area contributed by atoms with Gasteiger partial charge < -0.3 is 9.73 Å². The topological polar surface area (TPSA) is 91.8 Å². The highest BCUT2D eigenvalue weighted by molar-refractivity contribution is 9.10. The fraction of sp³-hybridized carbons (Fsp3) is 0.100. The van der Waals surface area contributed by atoms with Crippen LogP contribution in [0.4, 0.5) is 5.69 Å². The molecule has 6 nitrogen and oxygen atoms in total. The Hall–Kier alpha value is -2.89. The summed E-state index contributed by atoms with van der Waals surface area (Å²) in [5.74, 6) is -0.123. The van der Waals surface area contributed by atoms with Crippen LogP contribution in [0.2, 0.25) is 0 Å². The van der Waals surface area contributed by atoms with Crippen LogP contribution >= 0.6 is 27.7 Å². The van der Waals surface area contributed by atoms with Crippen LogP contribution in [0, 0.1) is 25.2 Å². The largest absolute Gasteiger partial charge is 0.449 e. The molecule has 0 atom stereocenters. The lowest BCUT2D eigenvalue weighted by Crippen LogP contribution is -2.14. The number of nitrogens with one attached hydrogen (secondary N) is 1. The van der Waals surface area contributed by atoms with E-state index in [9.17, 15) is 10.1 Å². The molecule has 0 spiro atoms. The van der Waals surface area contributed by atoms with Crippen LogP contribution in [0.3, 0.4) is 0 Å². The van der Waals surface area contributed by atoms with E-state index >= 15 is 0 Å². The van der Waals surface area contributed by atoms with Gasteiger partial charge in [-0.25, -0.2) is 9.97 Å². The first-order chi connectivity index (χ1) is 13.5. The molecule has 8 heteroatoms. The maximum absolute atomic E-state index is 12.5. The lowest BCUT2D eigenvalue weighted by atomic mass is 10.1. The fourth-order valence-corrected chi connectivity index (χ4v) is 3.52. The van der Waals surface area contributed by atoms with Crippen LogP contribution in [0.1, 0.15) is 16.9 Å². The van der Waals surface area contributed by atoms with E-state index < -0.39 is 5.91 Å². The zero-order valence-corrected chi connectivity index (χ0v) is 17.5. The van der Waals surface area contributed by atoms with Crippen molar-refractivity contribution in [3.63, 3.8) is 0 Å². The minimum absolute atomic E-state index is 0.0605. The highest BCUT2D eigenvalue weighted by Crippen LogP contribution is 2.34. The molecule has 0 bridgehead atoms. The molecule has 0 aliphatic rings. The van der Waals surface area contributed by atoms with Gasteiger partial charge in [0, 0.05) is 24.2 Å². The number of anilines is 1. The molecule has 1 N–H and O–H groups in total. The molecule has 0 aliphatic carbocycles. The number of nitriles is 1. The number of hydrogen-bond acceptors (Lipinski definition) is 6. The number of benzene rings is 1. The van der Waals surface area contributed by atoms with Crippen molar-refractivity contribution < 1.29 is 9.21 Å². The van der Waals surface area contributed by atoms with Gasteiger partial charge in [0.05, 0.1) is 4.47 Å². The van der Waals surface area contributed by atoms with E-state index in [1.165, 1.54) is 17.8 Å². The number of aromatic nitrogens is 2. The maximum Gasteiger partial charge on any atom is 0.266 e. The van der Waals surface area contributed by atoms with Crippen molar-refractivity contribution in [2.75, 3.05) is 5.32 Å². The molecule has 140 valence electrons. The quantitative estimate of drug-likeness (QED) is 0.325.